The van der Waals surface area contributed by atoms with Crippen molar-refractivity contribution in [2.24, 2.45) is 0 Å². The van der Waals surface area contributed by atoms with Crippen molar-refractivity contribution in [3.8, 4) is 0 Å². The molecule has 0 bridgehead atoms. The first kappa shape index (κ1) is 37.7. The quantitative estimate of drug-likeness (QED) is 0.120. The summed E-state index contributed by atoms with van der Waals surface area (Å²) >= 11 is 0. The molecule has 0 radical (unpaired) electrons. The van der Waals surface area contributed by atoms with Crippen molar-refractivity contribution >= 4 is 29.1 Å². The van der Waals surface area contributed by atoms with Crippen LogP contribution in [-0.4, -0.2) is 51.8 Å². The lowest BCUT2D eigenvalue weighted by Gasteiger charge is -2.32. The van der Waals surface area contributed by atoms with E-state index in [4.69, 9.17) is 9.47 Å². The standard InChI is InChI=1S/C45H49N5O5/c51-43(46-37-25-13-15-27-41(37)54-31-33-17-5-1-6-18-33)30-49-40(44(52)47-38-26-14-16-28-42(38)55-32-34-19-7-2-8-20-34)29-39(48-49)45(53)50(35-21-9-3-10-22-35)36-23-11-4-12-24-36/h1-12,17-24,29,37-38,41-42H,13-16,25-28,30-32H2,(H,46,51)(H,47,52)/t37-,38-,41-,42-/m0/s1. The molecule has 2 saturated carbocycles. The zero-order valence-corrected chi connectivity index (χ0v) is 31.1. The first-order valence-corrected chi connectivity index (χ1v) is 19.5. The summed E-state index contributed by atoms with van der Waals surface area (Å²) in [4.78, 5) is 44.0. The molecule has 4 aromatic carbocycles. The molecule has 0 saturated heterocycles. The smallest absolute Gasteiger partial charge is 0.283 e. The van der Waals surface area contributed by atoms with E-state index >= 15 is 0 Å². The Labute approximate surface area is 322 Å². The number of benzene rings is 4. The number of hydrogen-bond acceptors (Lipinski definition) is 6. The van der Waals surface area contributed by atoms with Crippen LogP contribution in [0.15, 0.2) is 127 Å². The number of hydrogen-bond donors (Lipinski definition) is 2. The van der Waals surface area contributed by atoms with E-state index in [-0.39, 0.29) is 48.1 Å². The SMILES string of the molecule is O=C(Cn1nc(C(=O)N(c2ccccc2)c2ccccc2)cc1C(=O)N[C@H]1CCCC[C@@H]1OCc1ccccc1)N[C@H]1CCCC[C@@H]1OCc1ccccc1. The molecule has 2 fully saturated rings. The highest BCUT2D eigenvalue weighted by Crippen LogP contribution is 2.28. The van der Waals surface area contributed by atoms with Gasteiger partial charge in [-0.2, -0.15) is 5.10 Å². The number of anilines is 2. The highest BCUT2D eigenvalue weighted by atomic mass is 16.5. The van der Waals surface area contributed by atoms with E-state index in [0.717, 1.165) is 62.5 Å². The van der Waals surface area contributed by atoms with Gasteiger partial charge in [0.25, 0.3) is 11.8 Å². The second-order valence-electron chi connectivity index (χ2n) is 14.4. The van der Waals surface area contributed by atoms with Crippen molar-refractivity contribution in [1.29, 1.82) is 0 Å². The molecular weight excluding hydrogens is 691 g/mol. The molecule has 2 N–H and O–H groups in total. The van der Waals surface area contributed by atoms with Crippen LogP contribution in [0.3, 0.4) is 0 Å². The van der Waals surface area contributed by atoms with Gasteiger partial charge in [-0.1, -0.05) is 123 Å². The summed E-state index contributed by atoms with van der Waals surface area (Å²) in [5, 5.41) is 11.0. The zero-order valence-electron chi connectivity index (χ0n) is 31.1. The number of nitrogens with zero attached hydrogens (tertiary/aromatic N) is 3. The third-order valence-electron chi connectivity index (χ3n) is 10.4. The lowest BCUT2D eigenvalue weighted by Crippen LogP contribution is -2.48. The molecule has 10 nitrogen and oxygen atoms in total. The second kappa shape index (κ2) is 18.6. The maximum Gasteiger partial charge on any atom is 0.283 e. The van der Waals surface area contributed by atoms with Crippen molar-refractivity contribution in [1.82, 2.24) is 20.4 Å². The molecule has 1 heterocycles. The van der Waals surface area contributed by atoms with Crippen LogP contribution in [0.2, 0.25) is 0 Å². The Bertz CT molecular complexity index is 1950. The van der Waals surface area contributed by atoms with Gasteiger partial charge in [-0.3, -0.25) is 19.3 Å². The van der Waals surface area contributed by atoms with Crippen LogP contribution < -0.4 is 15.5 Å². The number of carbonyl (C=O) groups is 3. The minimum Gasteiger partial charge on any atom is -0.371 e. The van der Waals surface area contributed by atoms with Crippen molar-refractivity contribution < 1.29 is 23.9 Å². The van der Waals surface area contributed by atoms with Crippen molar-refractivity contribution in [3.05, 3.63) is 150 Å². The average Bonchev–Trinajstić information content (AvgIpc) is 3.65. The molecule has 1 aromatic heterocycles. The number of aromatic nitrogens is 2. The molecule has 0 spiro atoms. The Balaban J connectivity index is 1.13. The van der Waals surface area contributed by atoms with Gasteiger partial charge >= 0.3 is 0 Å². The molecule has 5 aromatic rings. The minimum atomic E-state index is -0.422. The summed E-state index contributed by atoms with van der Waals surface area (Å²) in [5.41, 5.74) is 3.62. The normalized spacial score (nSPS) is 19.6. The molecule has 7 rings (SSSR count). The van der Waals surface area contributed by atoms with E-state index in [9.17, 15) is 14.4 Å². The van der Waals surface area contributed by atoms with Crippen molar-refractivity contribution in [2.45, 2.75) is 95.4 Å². The zero-order chi connectivity index (χ0) is 37.8. The van der Waals surface area contributed by atoms with E-state index in [0.29, 0.717) is 24.6 Å². The van der Waals surface area contributed by atoms with Crippen LogP contribution >= 0.6 is 0 Å². The van der Waals surface area contributed by atoms with Crippen LogP contribution in [-0.2, 0) is 34.0 Å². The average molecular weight is 740 g/mol. The van der Waals surface area contributed by atoms with Crippen LogP contribution in [0.1, 0.15) is 83.5 Å². The summed E-state index contributed by atoms with van der Waals surface area (Å²) < 4.78 is 14.0. The predicted molar refractivity (Wildman–Crippen MR) is 212 cm³/mol. The van der Waals surface area contributed by atoms with Crippen LogP contribution in [0, 0.1) is 0 Å². The Morgan fingerprint density at radius 3 is 1.58 bits per heavy atom. The van der Waals surface area contributed by atoms with Crippen LogP contribution in [0.5, 0.6) is 0 Å². The molecule has 10 heteroatoms. The topological polar surface area (TPSA) is 115 Å². The van der Waals surface area contributed by atoms with Gasteiger partial charge in [0.1, 0.15) is 12.2 Å². The molecule has 0 unspecified atom stereocenters. The number of nitrogens with one attached hydrogen (secondary N) is 2. The summed E-state index contributed by atoms with van der Waals surface area (Å²) in [6.45, 7) is 0.664. The van der Waals surface area contributed by atoms with Crippen molar-refractivity contribution in [2.75, 3.05) is 4.90 Å². The van der Waals surface area contributed by atoms with E-state index in [1.165, 1.54) is 10.7 Å². The summed E-state index contributed by atoms with van der Waals surface area (Å²) in [5.74, 6) is -1.14. The molecule has 4 atom stereocenters. The molecule has 284 valence electrons. The van der Waals surface area contributed by atoms with E-state index in [1.807, 2.05) is 121 Å². The Kier molecular flexibility index (Phi) is 12.8. The van der Waals surface area contributed by atoms with E-state index in [2.05, 4.69) is 15.7 Å². The number of rotatable bonds is 14. The number of para-hydroxylation sites is 2. The Morgan fingerprint density at radius 1 is 0.618 bits per heavy atom. The lowest BCUT2D eigenvalue weighted by molar-refractivity contribution is -0.124. The Hall–Kier alpha value is -5.58. The minimum absolute atomic E-state index is 0.0490. The van der Waals surface area contributed by atoms with Gasteiger partial charge in [0, 0.05) is 17.4 Å². The number of ether oxygens (including phenoxy) is 2. The third kappa shape index (κ3) is 9.95. The van der Waals surface area contributed by atoms with E-state index in [1.54, 1.807) is 4.90 Å². The lowest BCUT2D eigenvalue weighted by atomic mass is 9.92. The predicted octanol–water partition coefficient (Wildman–Crippen LogP) is 7.76. The highest BCUT2D eigenvalue weighted by molar-refractivity contribution is 6.10. The number of carbonyl (C=O) groups excluding carboxylic acids is 3. The van der Waals surface area contributed by atoms with Gasteiger partial charge in [0.2, 0.25) is 5.91 Å². The van der Waals surface area contributed by atoms with Crippen LogP contribution in [0.25, 0.3) is 0 Å². The van der Waals surface area contributed by atoms with Gasteiger partial charge in [0.05, 0.1) is 37.5 Å². The molecule has 55 heavy (non-hydrogen) atoms. The monoisotopic (exact) mass is 739 g/mol. The fourth-order valence-corrected chi connectivity index (χ4v) is 7.59. The molecule has 2 aliphatic carbocycles. The summed E-state index contributed by atoms with van der Waals surface area (Å²) in [7, 11) is 0. The number of amides is 3. The third-order valence-corrected chi connectivity index (χ3v) is 10.4. The second-order valence-corrected chi connectivity index (χ2v) is 14.4. The molecular formula is C45H49N5O5. The first-order chi connectivity index (χ1) is 27.0. The highest BCUT2D eigenvalue weighted by Gasteiger charge is 2.32. The maximum atomic E-state index is 14.4. The fourth-order valence-electron chi connectivity index (χ4n) is 7.59. The van der Waals surface area contributed by atoms with Gasteiger partial charge in [-0.25, -0.2) is 4.68 Å². The van der Waals surface area contributed by atoms with Crippen molar-refractivity contribution in [3.63, 3.8) is 0 Å². The molecule has 2 aliphatic rings. The molecule has 3 amide bonds. The first-order valence-electron chi connectivity index (χ1n) is 19.5. The molecule has 0 aliphatic heterocycles. The van der Waals surface area contributed by atoms with Gasteiger partial charge < -0.3 is 20.1 Å². The van der Waals surface area contributed by atoms with Crippen LogP contribution in [0.4, 0.5) is 11.4 Å². The largest absolute Gasteiger partial charge is 0.371 e. The Morgan fingerprint density at radius 2 is 1.07 bits per heavy atom. The summed E-state index contributed by atoms with van der Waals surface area (Å²) in [6.07, 6.45) is 6.87. The van der Waals surface area contributed by atoms with Gasteiger partial charge in [-0.15, -0.1) is 0 Å². The van der Waals surface area contributed by atoms with Gasteiger partial charge in [0.15, 0.2) is 5.69 Å². The fraction of sp³-hybridized carbons (Fsp3) is 0.333. The summed E-state index contributed by atoms with van der Waals surface area (Å²) in [6, 6.07) is 39.7. The van der Waals surface area contributed by atoms with Gasteiger partial charge in [-0.05, 0) is 61.1 Å². The maximum absolute atomic E-state index is 14.4. The van der Waals surface area contributed by atoms with E-state index < -0.39 is 11.8 Å².